The standard InChI is InChI=1S/C25H32N2O3/c1-19(25(29)26-22-10-6-7-11-22)27(18-21-12-15-23(30-2)16-13-21)24(28)17-14-20-8-4-3-5-9-20/h3-5,8-9,12-13,15-16,19,22H,6-7,10-11,14,17-18H2,1-2H3,(H,26,29)/t19-/m1/s1. The van der Waals surface area contributed by atoms with Crippen molar-refractivity contribution in [3.05, 3.63) is 65.7 Å². The molecule has 2 aromatic carbocycles. The number of benzene rings is 2. The fourth-order valence-electron chi connectivity index (χ4n) is 3.94. The first-order valence-corrected chi connectivity index (χ1v) is 10.8. The van der Waals surface area contributed by atoms with Crippen molar-refractivity contribution < 1.29 is 14.3 Å². The summed E-state index contributed by atoms with van der Waals surface area (Å²) in [6.45, 7) is 2.23. The van der Waals surface area contributed by atoms with Crippen LogP contribution in [0.4, 0.5) is 0 Å². The molecule has 160 valence electrons. The number of methoxy groups -OCH3 is 1. The van der Waals surface area contributed by atoms with Gasteiger partial charge in [-0.25, -0.2) is 0 Å². The third kappa shape index (κ3) is 6.09. The van der Waals surface area contributed by atoms with Crippen LogP contribution in [0.3, 0.4) is 0 Å². The summed E-state index contributed by atoms with van der Waals surface area (Å²) in [6.07, 6.45) is 5.41. The van der Waals surface area contributed by atoms with Crippen LogP contribution in [0.25, 0.3) is 0 Å². The van der Waals surface area contributed by atoms with E-state index in [0.29, 0.717) is 19.4 Å². The highest BCUT2D eigenvalue weighted by atomic mass is 16.5. The lowest BCUT2D eigenvalue weighted by molar-refractivity contribution is -0.140. The molecule has 1 aliphatic carbocycles. The minimum Gasteiger partial charge on any atom is -0.497 e. The summed E-state index contributed by atoms with van der Waals surface area (Å²) in [5.74, 6) is 0.694. The van der Waals surface area contributed by atoms with Crippen LogP contribution in [0.1, 0.15) is 50.2 Å². The van der Waals surface area contributed by atoms with Gasteiger partial charge in [-0.05, 0) is 49.4 Å². The van der Waals surface area contributed by atoms with Crippen LogP contribution in [-0.2, 0) is 22.6 Å². The average Bonchev–Trinajstić information content (AvgIpc) is 3.29. The number of carbonyl (C=O) groups is 2. The largest absolute Gasteiger partial charge is 0.497 e. The fraction of sp³-hybridized carbons (Fsp3) is 0.440. The number of rotatable bonds is 9. The summed E-state index contributed by atoms with van der Waals surface area (Å²) in [5.41, 5.74) is 2.10. The number of nitrogens with one attached hydrogen (secondary N) is 1. The van der Waals surface area contributed by atoms with E-state index in [1.54, 1.807) is 12.0 Å². The predicted molar refractivity (Wildman–Crippen MR) is 118 cm³/mol. The Labute approximate surface area is 179 Å². The molecular weight excluding hydrogens is 376 g/mol. The van der Waals surface area contributed by atoms with E-state index in [0.717, 1.165) is 42.6 Å². The molecule has 3 rings (SSSR count). The Balaban J connectivity index is 1.70. The van der Waals surface area contributed by atoms with Gasteiger partial charge in [0.05, 0.1) is 7.11 Å². The lowest BCUT2D eigenvalue weighted by Crippen LogP contribution is -2.49. The molecule has 0 bridgehead atoms. The predicted octanol–water partition coefficient (Wildman–Crippen LogP) is 4.10. The van der Waals surface area contributed by atoms with Crippen molar-refractivity contribution in [2.24, 2.45) is 0 Å². The third-order valence-electron chi connectivity index (χ3n) is 5.85. The van der Waals surface area contributed by atoms with Crippen molar-refractivity contribution in [2.75, 3.05) is 7.11 Å². The van der Waals surface area contributed by atoms with Crippen molar-refractivity contribution in [1.29, 1.82) is 0 Å². The number of aryl methyl sites for hydroxylation is 1. The Hall–Kier alpha value is -2.82. The maximum atomic E-state index is 13.1. The van der Waals surface area contributed by atoms with Gasteiger partial charge in [-0.1, -0.05) is 55.3 Å². The molecule has 1 atom stereocenters. The monoisotopic (exact) mass is 408 g/mol. The molecule has 30 heavy (non-hydrogen) atoms. The molecule has 0 aromatic heterocycles. The molecule has 0 saturated heterocycles. The van der Waals surface area contributed by atoms with Crippen LogP contribution < -0.4 is 10.1 Å². The molecule has 2 amide bonds. The zero-order valence-corrected chi connectivity index (χ0v) is 18.0. The molecule has 5 nitrogen and oxygen atoms in total. The lowest BCUT2D eigenvalue weighted by Gasteiger charge is -2.30. The average molecular weight is 409 g/mol. The van der Waals surface area contributed by atoms with E-state index in [9.17, 15) is 9.59 Å². The molecule has 1 N–H and O–H groups in total. The molecule has 0 radical (unpaired) electrons. The van der Waals surface area contributed by atoms with Crippen molar-refractivity contribution in [3.63, 3.8) is 0 Å². The zero-order chi connectivity index (χ0) is 21.3. The normalized spacial score (nSPS) is 14.9. The number of amides is 2. The van der Waals surface area contributed by atoms with Gasteiger partial charge in [-0.2, -0.15) is 0 Å². The highest BCUT2D eigenvalue weighted by Crippen LogP contribution is 2.19. The smallest absolute Gasteiger partial charge is 0.242 e. The minimum absolute atomic E-state index is 0.0104. The third-order valence-corrected chi connectivity index (χ3v) is 5.85. The molecule has 2 aromatic rings. The van der Waals surface area contributed by atoms with Crippen molar-refractivity contribution in [1.82, 2.24) is 10.2 Å². The van der Waals surface area contributed by atoms with E-state index in [-0.39, 0.29) is 17.9 Å². The van der Waals surface area contributed by atoms with Crippen LogP contribution >= 0.6 is 0 Å². The Morgan fingerprint density at radius 1 is 1.03 bits per heavy atom. The minimum atomic E-state index is -0.518. The Morgan fingerprint density at radius 3 is 2.33 bits per heavy atom. The van der Waals surface area contributed by atoms with Crippen molar-refractivity contribution in [3.8, 4) is 5.75 Å². The second-order valence-corrected chi connectivity index (χ2v) is 8.02. The number of ether oxygens (including phenoxy) is 1. The molecule has 5 heteroatoms. The number of hydrogen-bond acceptors (Lipinski definition) is 3. The first-order chi connectivity index (χ1) is 14.6. The summed E-state index contributed by atoms with van der Waals surface area (Å²) in [6, 6.07) is 17.3. The Kier molecular flexibility index (Phi) is 7.89. The molecule has 0 aliphatic heterocycles. The van der Waals surface area contributed by atoms with E-state index in [2.05, 4.69) is 5.32 Å². The van der Waals surface area contributed by atoms with Gasteiger partial charge in [0.15, 0.2) is 0 Å². The lowest BCUT2D eigenvalue weighted by atomic mass is 10.1. The fourth-order valence-corrected chi connectivity index (χ4v) is 3.94. The molecule has 0 heterocycles. The van der Waals surface area contributed by atoms with Crippen LogP contribution in [0.15, 0.2) is 54.6 Å². The molecular formula is C25H32N2O3. The number of carbonyl (C=O) groups excluding carboxylic acids is 2. The molecule has 1 aliphatic rings. The molecule has 1 saturated carbocycles. The zero-order valence-electron chi connectivity index (χ0n) is 18.0. The first-order valence-electron chi connectivity index (χ1n) is 10.8. The summed E-state index contributed by atoms with van der Waals surface area (Å²) in [4.78, 5) is 27.7. The van der Waals surface area contributed by atoms with Gasteiger partial charge in [0.1, 0.15) is 11.8 Å². The van der Waals surface area contributed by atoms with Crippen molar-refractivity contribution in [2.45, 2.75) is 64.1 Å². The quantitative estimate of drug-likeness (QED) is 0.679. The van der Waals surface area contributed by atoms with Gasteiger partial charge >= 0.3 is 0 Å². The number of nitrogens with zero attached hydrogens (tertiary/aromatic N) is 1. The van der Waals surface area contributed by atoms with E-state index in [1.807, 2.05) is 61.5 Å². The highest BCUT2D eigenvalue weighted by Gasteiger charge is 2.28. The Morgan fingerprint density at radius 2 is 1.70 bits per heavy atom. The van der Waals surface area contributed by atoms with Gasteiger partial charge in [0, 0.05) is 19.0 Å². The summed E-state index contributed by atoms with van der Waals surface area (Å²) in [7, 11) is 1.63. The maximum Gasteiger partial charge on any atom is 0.242 e. The van der Waals surface area contributed by atoms with Crippen LogP contribution in [-0.4, -0.2) is 35.9 Å². The topological polar surface area (TPSA) is 58.6 Å². The second kappa shape index (κ2) is 10.8. The highest BCUT2D eigenvalue weighted by molar-refractivity contribution is 5.87. The van der Waals surface area contributed by atoms with Gasteiger partial charge in [-0.15, -0.1) is 0 Å². The molecule has 0 spiro atoms. The van der Waals surface area contributed by atoms with Crippen LogP contribution in [0, 0.1) is 0 Å². The number of hydrogen-bond donors (Lipinski definition) is 1. The SMILES string of the molecule is COc1ccc(CN(C(=O)CCc2ccccc2)[C@H](C)C(=O)NC2CCCC2)cc1. The second-order valence-electron chi connectivity index (χ2n) is 8.02. The van der Waals surface area contributed by atoms with Gasteiger partial charge in [-0.3, -0.25) is 9.59 Å². The maximum absolute atomic E-state index is 13.1. The van der Waals surface area contributed by atoms with Gasteiger partial charge in [0.25, 0.3) is 0 Å². The van der Waals surface area contributed by atoms with Crippen LogP contribution in [0.2, 0.25) is 0 Å². The summed E-state index contributed by atoms with van der Waals surface area (Å²) >= 11 is 0. The molecule has 0 unspecified atom stereocenters. The van der Waals surface area contributed by atoms with Crippen molar-refractivity contribution >= 4 is 11.8 Å². The summed E-state index contributed by atoms with van der Waals surface area (Å²) in [5, 5.41) is 3.14. The van der Waals surface area contributed by atoms with E-state index in [1.165, 1.54) is 0 Å². The van der Waals surface area contributed by atoms with Gasteiger partial charge in [0.2, 0.25) is 11.8 Å². The molecule has 1 fully saturated rings. The van der Waals surface area contributed by atoms with E-state index in [4.69, 9.17) is 4.74 Å². The van der Waals surface area contributed by atoms with Gasteiger partial charge < -0.3 is 15.0 Å². The van der Waals surface area contributed by atoms with E-state index < -0.39 is 6.04 Å². The Bertz CT molecular complexity index is 814. The van der Waals surface area contributed by atoms with Crippen LogP contribution in [0.5, 0.6) is 5.75 Å². The summed E-state index contributed by atoms with van der Waals surface area (Å²) < 4.78 is 5.22. The van der Waals surface area contributed by atoms with E-state index >= 15 is 0 Å². The first kappa shape index (κ1) is 21.9.